The summed E-state index contributed by atoms with van der Waals surface area (Å²) in [5.41, 5.74) is 0.381. The van der Waals surface area contributed by atoms with E-state index in [1.54, 1.807) is 0 Å². The van der Waals surface area contributed by atoms with Crippen molar-refractivity contribution < 1.29 is 32.2 Å². The first-order chi connectivity index (χ1) is 13.8. The quantitative estimate of drug-likeness (QED) is 0.755. The number of nitrogens with one attached hydrogen (secondary N) is 1. The zero-order valence-electron chi connectivity index (χ0n) is 15.7. The van der Waals surface area contributed by atoms with Gasteiger partial charge in [-0.1, -0.05) is 19.1 Å². The van der Waals surface area contributed by atoms with E-state index in [0.717, 1.165) is 12.1 Å². The SMILES string of the molecule is CCN(CC(=O)Nc1ccc(OC(F)(F)F)cc1)CC1COc2ccccc2O1. The zero-order chi connectivity index (χ0) is 20.9. The molecule has 29 heavy (non-hydrogen) atoms. The van der Waals surface area contributed by atoms with Crippen molar-refractivity contribution in [3.05, 3.63) is 48.5 Å². The van der Waals surface area contributed by atoms with Crippen molar-refractivity contribution in [2.75, 3.05) is 31.6 Å². The lowest BCUT2D eigenvalue weighted by Gasteiger charge is -2.30. The average Bonchev–Trinajstić information content (AvgIpc) is 2.67. The highest BCUT2D eigenvalue weighted by Gasteiger charge is 2.31. The van der Waals surface area contributed by atoms with Crippen LogP contribution in [-0.2, 0) is 4.79 Å². The van der Waals surface area contributed by atoms with Gasteiger partial charge in [0.05, 0.1) is 6.54 Å². The number of hydrogen-bond donors (Lipinski definition) is 1. The third-order valence-electron chi connectivity index (χ3n) is 4.22. The molecule has 1 aliphatic heterocycles. The predicted molar refractivity (Wildman–Crippen MR) is 100 cm³/mol. The lowest BCUT2D eigenvalue weighted by atomic mass is 10.2. The van der Waals surface area contributed by atoms with Gasteiger partial charge in [-0.3, -0.25) is 9.69 Å². The second kappa shape index (κ2) is 9.04. The fourth-order valence-electron chi connectivity index (χ4n) is 2.89. The van der Waals surface area contributed by atoms with Crippen LogP contribution in [0.1, 0.15) is 6.92 Å². The molecular formula is C20H21F3N2O4. The maximum atomic E-state index is 12.3. The maximum absolute atomic E-state index is 12.3. The molecular weight excluding hydrogens is 389 g/mol. The number of alkyl halides is 3. The van der Waals surface area contributed by atoms with Crippen molar-refractivity contribution in [2.45, 2.75) is 19.4 Å². The Morgan fingerprint density at radius 3 is 2.52 bits per heavy atom. The molecule has 1 atom stereocenters. The maximum Gasteiger partial charge on any atom is 0.573 e. The minimum atomic E-state index is -4.75. The van der Waals surface area contributed by atoms with Gasteiger partial charge >= 0.3 is 6.36 Å². The second-order valence-corrected chi connectivity index (χ2v) is 6.45. The monoisotopic (exact) mass is 410 g/mol. The first kappa shape index (κ1) is 20.8. The van der Waals surface area contributed by atoms with Gasteiger partial charge in [0, 0.05) is 12.2 Å². The summed E-state index contributed by atoms with van der Waals surface area (Å²) < 4.78 is 52.0. The number of ether oxygens (including phenoxy) is 3. The highest BCUT2D eigenvalue weighted by atomic mass is 19.4. The molecule has 0 radical (unpaired) electrons. The van der Waals surface area contributed by atoms with Gasteiger partial charge in [0.15, 0.2) is 11.5 Å². The van der Waals surface area contributed by atoms with E-state index in [-0.39, 0.29) is 24.3 Å². The number of rotatable bonds is 7. The summed E-state index contributed by atoms with van der Waals surface area (Å²) in [5.74, 6) is 0.738. The number of benzene rings is 2. The largest absolute Gasteiger partial charge is 0.573 e. The minimum Gasteiger partial charge on any atom is -0.486 e. The number of fused-ring (bicyclic) bond motifs is 1. The van der Waals surface area contributed by atoms with Gasteiger partial charge in [-0.05, 0) is 42.9 Å². The fourth-order valence-corrected chi connectivity index (χ4v) is 2.89. The van der Waals surface area contributed by atoms with Crippen LogP contribution in [0.25, 0.3) is 0 Å². The van der Waals surface area contributed by atoms with Gasteiger partial charge in [0.2, 0.25) is 5.91 Å². The molecule has 0 saturated heterocycles. The molecule has 156 valence electrons. The molecule has 1 N–H and O–H groups in total. The van der Waals surface area contributed by atoms with Crippen LogP contribution in [0.2, 0.25) is 0 Å². The summed E-state index contributed by atoms with van der Waals surface area (Å²) in [6.45, 7) is 3.53. The number of carbonyl (C=O) groups excluding carboxylic acids is 1. The molecule has 0 bridgehead atoms. The number of anilines is 1. The second-order valence-electron chi connectivity index (χ2n) is 6.45. The van der Waals surface area contributed by atoms with Crippen LogP contribution in [0, 0.1) is 0 Å². The Morgan fingerprint density at radius 2 is 1.86 bits per heavy atom. The van der Waals surface area contributed by atoms with E-state index in [1.165, 1.54) is 12.1 Å². The van der Waals surface area contributed by atoms with E-state index in [0.29, 0.717) is 36.9 Å². The van der Waals surface area contributed by atoms with E-state index < -0.39 is 6.36 Å². The van der Waals surface area contributed by atoms with Crippen molar-refractivity contribution in [2.24, 2.45) is 0 Å². The third-order valence-corrected chi connectivity index (χ3v) is 4.22. The topological polar surface area (TPSA) is 60.0 Å². The van der Waals surface area contributed by atoms with Gasteiger partial charge in [-0.25, -0.2) is 0 Å². The Balaban J connectivity index is 1.50. The van der Waals surface area contributed by atoms with Gasteiger partial charge < -0.3 is 19.5 Å². The molecule has 1 unspecified atom stereocenters. The van der Waals surface area contributed by atoms with Crippen molar-refractivity contribution in [1.29, 1.82) is 0 Å². The molecule has 9 heteroatoms. The predicted octanol–water partition coefficient (Wildman–Crippen LogP) is 3.69. The summed E-state index contributed by atoms with van der Waals surface area (Å²) in [4.78, 5) is 14.2. The van der Waals surface area contributed by atoms with Crippen LogP contribution in [-0.4, -0.2) is 49.5 Å². The summed E-state index contributed by atoms with van der Waals surface area (Å²) in [7, 11) is 0. The van der Waals surface area contributed by atoms with Gasteiger partial charge in [0.25, 0.3) is 0 Å². The van der Waals surface area contributed by atoms with Crippen LogP contribution in [0.3, 0.4) is 0 Å². The highest BCUT2D eigenvalue weighted by molar-refractivity contribution is 5.92. The van der Waals surface area contributed by atoms with Gasteiger partial charge in [-0.2, -0.15) is 0 Å². The lowest BCUT2D eigenvalue weighted by molar-refractivity contribution is -0.274. The summed E-state index contributed by atoms with van der Waals surface area (Å²) in [5, 5.41) is 2.66. The first-order valence-electron chi connectivity index (χ1n) is 9.09. The van der Waals surface area contributed by atoms with E-state index in [2.05, 4.69) is 10.1 Å². The highest BCUT2D eigenvalue weighted by Crippen LogP contribution is 2.31. The average molecular weight is 410 g/mol. The van der Waals surface area contributed by atoms with E-state index >= 15 is 0 Å². The number of amides is 1. The Bertz CT molecular complexity index is 827. The molecule has 1 amide bonds. The van der Waals surface area contributed by atoms with Crippen molar-refractivity contribution >= 4 is 11.6 Å². The Hall–Kier alpha value is -2.94. The normalized spacial score (nSPS) is 15.8. The molecule has 0 aliphatic carbocycles. The number of para-hydroxylation sites is 2. The van der Waals surface area contributed by atoms with Crippen LogP contribution in [0.4, 0.5) is 18.9 Å². The number of carbonyl (C=O) groups is 1. The number of nitrogens with zero attached hydrogens (tertiary/aromatic N) is 1. The molecule has 2 aromatic carbocycles. The first-order valence-corrected chi connectivity index (χ1v) is 9.09. The van der Waals surface area contributed by atoms with E-state index in [4.69, 9.17) is 9.47 Å². The van der Waals surface area contributed by atoms with E-state index in [9.17, 15) is 18.0 Å². The molecule has 0 spiro atoms. The molecule has 2 aromatic rings. The van der Waals surface area contributed by atoms with Crippen LogP contribution in [0.5, 0.6) is 17.2 Å². The Labute approximate surface area is 166 Å². The summed E-state index contributed by atoms with van der Waals surface area (Å²) >= 11 is 0. The van der Waals surface area contributed by atoms with Gasteiger partial charge in [0.1, 0.15) is 18.5 Å². The molecule has 0 saturated carbocycles. The molecule has 0 aromatic heterocycles. The van der Waals surface area contributed by atoms with Crippen molar-refractivity contribution in [1.82, 2.24) is 4.90 Å². The van der Waals surface area contributed by atoms with Crippen molar-refractivity contribution in [3.63, 3.8) is 0 Å². The van der Waals surface area contributed by atoms with E-state index in [1.807, 2.05) is 36.1 Å². The summed E-state index contributed by atoms with van der Waals surface area (Å²) in [6.07, 6.45) is -4.96. The van der Waals surface area contributed by atoms with Crippen LogP contribution >= 0.6 is 0 Å². The number of likely N-dealkylation sites (N-methyl/N-ethyl adjacent to an activating group) is 1. The smallest absolute Gasteiger partial charge is 0.486 e. The fraction of sp³-hybridized carbons (Fsp3) is 0.350. The summed E-state index contributed by atoms with van der Waals surface area (Å²) in [6, 6.07) is 12.4. The van der Waals surface area contributed by atoms with Crippen LogP contribution < -0.4 is 19.5 Å². The van der Waals surface area contributed by atoms with Crippen molar-refractivity contribution in [3.8, 4) is 17.2 Å². The molecule has 1 aliphatic rings. The molecule has 6 nitrogen and oxygen atoms in total. The molecule has 3 rings (SSSR count). The minimum absolute atomic E-state index is 0.110. The van der Waals surface area contributed by atoms with Gasteiger partial charge in [-0.15, -0.1) is 13.2 Å². The standard InChI is InChI=1S/C20H21F3N2O4/c1-2-25(11-16-13-27-17-5-3-4-6-18(17)28-16)12-19(26)24-14-7-9-15(10-8-14)29-20(21,22)23/h3-10,16H,2,11-13H2,1H3,(H,24,26). The molecule has 0 fully saturated rings. The third kappa shape index (κ3) is 6.28. The molecule has 1 heterocycles. The zero-order valence-corrected chi connectivity index (χ0v) is 15.7. The number of halogens is 3. The Kier molecular flexibility index (Phi) is 6.48. The van der Waals surface area contributed by atoms with Crippen LogP contribution in [0.15, 0.2) is 48.5 Å². The lowest BCUT2D eigenvalue weighted by Crippen LogP contribution is -2.43. The Morgan fingerprint density at radius 1 is 1.17 bits per heavy atom. The number of hydrogen-bond acceptors (Lipinski definition) is 5.